The first-order valence-electron chi connectivity index (χ1n) is 11.1. The molecule has 0 spiro atoms. The number of nitrogens with zero attached hydrogens (tertiary/aromatic N) is 6. The van der Waals surface area contributed by atoms with Gasteiger partial charge >= 0.3 is 5.97 Å². The van der Waals surface area contributed by atoms with Crippen LogP contribution in [0.5, 0.6) is 0 Å². The van der Waals surface area contributed by atoms with Crippen LogP contribution in [0, 0.1) is 0 Å². The average Bonchev–Trinajstić information content (AvgIpc) is 3.24. The van der Waals surface area contributed by atoms with Crippen molar-refractivity contribution in [2.45, 2.75) is 32.9 Å². The molecule has 170 valence electrons. The number of ether oxygens (including phenoxy) is 1. The lowest BCUT2D eigenvalue weighted by molar-refractivity contribution is -0.143. The first-order valence-corrected chi connectivity index (χ1v) is 11.1. The zero-order valence-electron chi connectivity index (χ0n) is 19.6. The molecule has 8 heteroatoms. The molecule has 2 aliphatic rings. The summed E-state index contributed by atoms with van der Waals surface area (Å²) < 4.78 is 5.07. The van der Waals surface area contributed by atoms with Gasteiger partial charge in [-0.25, -0.2) is 9.98 Å². The summed E-state index contributed by atoms with van der Waals surface area (Å²) in [5.41, 5.74) is 3.46. The van der Waals surface area contributed by atoms with E-state index in [1.54, 1.807) is 0 Å². The second-order valence-electron chi connectivity index (χ2n) is 8.33. The fourth-order valence-corrected chi connectivity index (χ4v) is 3.99. The molecular formula is C23H36N6O2. The van der Waals surface area contributed by atoms with E-state index in [0.717, 1.165) is 49.2 Å². The molecule has 0 saturated carbocycles. The number of hydrogen-bond donors (Lipinski definition) is 0. The number of carbonyl (C=O) groups is 1. The second-order valence-corrected chi connectivity index (χ2v) is 8.33. The summed E-state index contributed by atoms with van der Waals surface area (Å²) in [6.45, 7) is 7.47. The Morgan fingerprint density at radius 3 is 1.90 bits per heavy atom. The predicted octanol–water partition coefficient (Wildman–Crippen LogP) is 1.65. The van der Waals surface area contributed by atoms with E-state index in [4.69, 9.17) is 14.7 Å². The van der Waals surface area contributed by atoms with Gasteiger partial charge in [-0.2, -0.15) is 0 Å². The summed E-state index contributed by atoms with van der Waals surface area (Å²) in [6, 6.07) is 6.41. The maximum atomic E-state index is 11.8. The van der Waals surface area contributed by atoms with Gasteiger partial charge in [0.2, 0.25) is 0 Å². The van der Waals surface area contributed by atoms with E-state index in [1.807, 2.05) is 6.92 Å². The molecule has 8 nitrogen and oxygen atoms in total. The topological polar surface area (TPSA) is 64.0 Å². The van der Waals surface area contributed by atoms with Crippen LogP contribution in [0.3, 0.4) is 0 Å². The molecule has 2 aliphatic heterocycles. The van der Waals surface area contributed by atoms with Crippen molar-refractivity contribution in [3.8, 4) is 0 Å². The second kappa shape index (κ2) is 10.5. The van der Waals surface area contributed by atoms with Gasteiger partial charge < -0.3 is 24.3 Å². The molecule has 2 fully saturated rings. The number of carbonyl (C=O) groups excluding carboxylic acids is 1. The Hall–Kier alpha value is -2.77. The van der Waals surface area contributed by atoms with Gasteiger partial charge in [-0.3, -0.25) is 4.79 Å². The molecular weight excluding hydrogens is 392 g/mol. The number of aryl methyl sites for hydroxylation is 1. The Morgan fingerprint density at radius 2 is 1.39 bits per heavy atom. The summed E-state index contributed by atoms with van der Waals surface area (Å²) in [6.07, 6.45) is 1.06. The van der Waals surface area contributed by atoms with Gasteiger partial charge in [-0.05, 0) is 30.0 Å². The minimum Gasteiger partial charge on any atom is -0.466 e. The van der Waals surface area contributed by atoms with Crippen LogP contribution >= 0.6 is 0 Å². The molecule has 2 heterocycles. The Bertz CT molecular complexity index is 813. The van der Waals surface area contributed by atoms with Crippen molar-refractivity contribution < 1.29 is 9.53 Å². The Balaban J connectivity index is 1.80. The van der Waals surface area contributed by atoms with E-state index in [2.05, 4.69) is 66.0 Å². The quantitative estimate of drug-likeness (QED) is 0.587. The molecule has 0 radical (unpaired) electrons. The zero-order chi connectivity index (χ0) is 22.4. The number of guanidine groups is 2. The normalized spacial score (nSPS) is 16.4. The summed E-state index contributed by atoms with van der Waals surface area (Å²) in [5, 5.41) is 0. The van der Waals surface area contributed by atoms with Gasteiger partial charge in [0.05, 0.1) is 19.7 Å². The number of hydrogen-bond acceptors (Lipinski definition) is 4. The molecule has 1 aromatic carbocycles. The molecule has 31 heavy (non-hydrogen) atoms. The Kier molecular flexibility index (Phi) is 7.76. The molecule has 3 rings (SSSR count). The third-order valence-corrected chi connectivity index (χ3v) is 5.88. The minimum atomic E-state index is -0.152. The molecule has 0 amide bonds. The SMILES string of the molecule is CCOC(=O)CCc1ccc(CN=C2N(C)CCN2C)c(CN=C2N(C)CCN2C)c1. The van der Waals surface area contributed by atoms with E-state index in [0.29, 0.717) is 32.5 Å². The van der Waals surface area contributed by atoms with E-state index < -0.39 is 0 Å². The van der Waals surface area contributed by atoms with Crippen LogP contribution in [0.25, 0.3) is 0 Å². The summed E-state index contributed by atoms with van der Waals surface area (Å²) in [7, 11) is 8.33. The lowest BCUT2D eigenvalue weighted by Crippen LogP contribution is -2.28. The molecule has 0 N–H and O–H groups in total. The number of rotatable bonds is 8. The fraction of sp³-hybridized carbons (Fsp3) is 0.609. The van der Waals surface area contributed by atoms with Gasteiger partial charge in [0, 0.05) is 60.8 Å². The van der Waals surface area contributed by atoms with Crippen molar-refractivity contribution in [1.29, 1.82) is 0 Å². The van der Waals surface area contributed by atoms with E-state index in [9.17, 15) is 4.79 Å². The van der Waals surface area contributed by atoms with Crippen LogP contribution in [-0.2, 0) is 29.0 Å². The highest BCUT2D eigenvalue weighted by molar-refractivity contribution is 5.82. The maximum Gasteiger partial charge on any atom is 0.306 e. The number of benzene rings is 1. The summed E-state index contributed by atoms with van der Waals surface area (Å²) in [5.74, 6) is 1.89. The molecule has 1 aromatic rings. The minimum absolute atomic E-state index is 0.152. The molecule has 0 atom stereocenters. The van der Waals surface area contributed by atoms with Crippen molar-refractivity contribution in [3.63, 3.8) is 0 Å². The standard InChI is InChI=1S/C23H36N6O2/c1-6-31-21(30)10-8-18-7-9-19(16-24-22-26(2)11-12-27(22)3)20(15-18)17-25-23-28(4)13-14-29(23)5/h7,9,15H,6,8,10-14,16-17H2,1-5H3. The van der Waals surface area contributed by atoms with E-state index in [1.165, 1.54) is 5.56 Å². The molecule has 0 aromatic heterocycles. The van der Waals surface area contributed by atoms with Crippen LogP contribution in [0.1, 0.15) is 30.0 Å². The van der Waals surface area contributed by atoms with E-state index in [-0.39, 0.29) is 5.97 Å². The van der Waals surface area contributed by atoms with Crippen LogP contribution in [0.15, 0.2) is 28.2 Å². The van der Waals surface area contributed by atoms with E-state index >= 15 is 0 Å². The van der Waals surface area contributed by atoms with Crippen molar-refractivity contribution >= 4 is 17.9 Å². The van der Waals surface area contributed by atoms with Gasteiger partial charge in [0.25, 0.3) is 0 Å². The Morgan fingerprint density at radius 1 is 0.871 bits per heavy atom. The number of esters is 1. The molecule has 2 saturated heterocycles. The van der Waals surface area contributed by atoms with Crippen LogP contribution in [0.4, 0.5) is 0 Å². The highest BCUT2D eigenvalue weighted by atomic mass is 16.5. The van der Waals surface area contributed by atoms with Crippen molar-refractivity contribution in [2.24, 2.45) is 9.98 Å². The van der Waals surface area contributed by atoms with Crippen molar-refractivity contribution in [2.75, 3.05) is 61.0 Å². The van der Waals surface area contributed by atoms with Crippen molar-refractivity contribution in [1.82, 2.24) is 19.6 Å². The van der Waals surface area contributed by atoms with Crippen molar-refractivity contribution in [3.05, 3.63) is 34.9 Å². The third-order valence-electron chi connectivity index (χ3n) is 5.88. The van der Waals surface area contributed by atoms with Crippen LogP contribution in [-0.4, -0.2) is 98.5 Å². The zero-order valence-corrected chi connectivity index (χ0v) is 19.6. The Labute approximate surface area is 186 Å². The largest absolute Gasteiger partial charge is 0.466 e. The van der Waals surface area contributed by atoms with Gasteiger partial charge in [-0.15, -0.1) is 0 Å². The lowest BCUT2D eigenvalue weighted by atomic mass is 10.0. The molecule has 0 unspecified atom stereocenters. The first kappa shape index (κ1) is 22.9. The number of likely N-dealkylation sites (N-methyl/N-ethyl adjacent to an activating group) is 4. The smallest absolute Gasteiger partial charge is 0.306 e. The van der Waals surface area contributed by atoms with Gasteiger partial charge in [0.15, 0.2) is 11.9 Å². The monoisotopic (exact) mass is 428 g/mol. The van der Waals surface area contributed by atoms with Crippen LogP contribution < -0.4 is 0 Å². The van der Waals surface area contributed by atoms with Gasteiger partial charge in [-0.1, -0.05) is 18.2 Å². The number of aliphatic imine (C=N–C) groups is 2. The lowest BCUT2D eigenvalue weighted by Gasteiger charge is -2.18. The van der Waals surface area contributed by atoms with Crippen LogP contribution in [0.2, 0.25) is 0 Å². The van der Waals surface area contributed by atoms with Gasteiger partial charge in [0.1, 0.15) is 0 Å². The predicted molar refractivity (Wildman–Crippen MR) is 124 cm³/mol. The fourth-order valence-electron chi connectivity index (χ4n) is 3.99. The highest BCUT2D eigenvalue weighted by Gasteiger charge is 2.21. The average molecular weight is 429 g/mol. The highest BCUT2D eigenvalue weighted by Crippen LogP contribution is 2.18. The first-order chi connectivity index (χ1) is 14.9. The maximum absolute atomic E-state index is 11.8. The summed E-state index contributed by atoms with van der Waals surface area (Å²) >= 11 is 0. The molecule has 0 bridgehead atoms. The summed E-state index contributed by atoms with van der Waals surface area (Å²) in [4.78, 5) is 30.3. The third kappa shape index (κ3) is 5.89. The molecule has 0 aliphatic carbocycles.